The van der Waals surface area contributed by atoms with E-state index in [1.54, 1.807) is 31.3 Å². The van der Waals surface area contributed by atoms with Crippen LogP contribution in [-0.2, 0) is 9.53 Å². The van der Waals surface area contributed by atoms with Crippen molar-refractivity contribution < 1.29 is 9.53 Å². The lowest BCUT2D eigenvalue weighted by Crippen LogP contribution is -2.13. The third kappa shape index (κ3) is 2.63. The molecule has 0 spiro atoms. The summed E-state index contributed by atoms with van der Waals surface area (Å²) in [4.78, 5) is 27.1. The number of carbonyl (C=O) groups excluding carboxylic acids is 1. The lowest BCUT2D eigenvalue weighted by molar-refractivity contribution is -0.137. The van der Waals surface area contributed by atoms with Gasteiger partial charge in [-0.2, -0.15) is 0 Å². The number of ether oxygens (including phenoxy) is 1. The van der Waals surface area contributed by atoms with E-state index in [4.69, 9.17) is 4.74 Å². The molecule has 0 aliphatic heterocycles. The first-order chi connectivity index (χ1) is 8.70. The Morgan fingerprint density at radius 1 is 1.50 bits per heavy atom. The molecule has 92 valence electrons. The monoisotopic (exact) mass is 244 g/mol. The summed E-state index contributed by atoms with van der Waals surface area (Å²) in [5.41, 5.74) is 0.775. The van der Waals surface area contributed by atoms with Crippen LogP contribution in [0.4, 0.5) is 0 Å². The van der Waals surface area contributed by atoms with E-state index in [0.717, 1.165) is 0 Å². The smallest absolute Gasteiger partial charge is 0.330 e. The highest BCUT2D eigenvalue weighted by Gasteiger charge is 2.00. The van der Waals surface area contributed by atoms with Crippen molar-refractivity contribution in [3.8, 4) is 0 Å². The summed E-state index contributed by atoms with van der Waals surface area (Å²) in [5.74, 6) is -0.451. The quantitative estimate of drug-likeness (QED) is 0.602. The van der Waals surface area contributed by atoms with Crippen molar-refractivity contribution in [1.29, 1.82) is 0 Å². The predicted molar refractivity (Wildman–Crippen MR) is 67.1 cm³/mol. The molecule has 5 nitrogen and oxygen atoms in total. The molecule has 0 aliphatic rings. The van der Waals surface area contributed by atoms with Crippen molar-refractivity contribution in [1.82, 2.24) is 9.38 Å². The van der Waals surface area contributed by atoms with Crippen LogP contribution in [0.15, 0.2) is 41.3 Å². The summed E-state index contributed by atoms with van der Waals surface area (Å²) < 4.78 is 6.18. The van der Waals surface area contributed by atoms with Crippen LogP contribution in [-0.4, -0.2) is 22.0 Å². The molecular formula is C13H12N2O3. The fourth-order valence-corrected chi connectivity index (χ4v) is 1.50. The van der Waals surface area contributed by atoms with Crippen molar-refractivity contribution in [3.63, 3.8) is 0 Å². The standard InChI is InChI=1S/C13H12N2O3/c1-2-18-13(17)7-6-10-9-12(16)15-8-4-3-5-11(15)14-10/h3-9H,2H2,1H3. The summed E-state index contributed by atoms with van der Waals surface area (Å²) in [7, 11) is 0. The molecule has 0 amide bonds. The molecule has 0 radical (unpaired) electrons. The molecule has 2 aromatic rings. The third-order valence-electron chi connectivity index (χ3n) is 2.27. The van der Waals surface area contributed by atoms with E-state index in [1.807, 2.05) is 0 Å². The topological polar surface area (TPSA) is 60.7 Å². The maximum Gasteiger partial charge on any atom is 0.330 e. The fraction of sp³-hybridized carbons (Fsp3) is 0.154. The first-order valence-electron chi connectivity index (χ1n) is 5.54. The Bertz CT molecular complexity index is 659. The van der Waals surface area contributed by atoms with Gasteiger partial charge in [0.1, 0.15) is 5.65 Å². The number of fused-ring (bicyclic) bond motifs is 1. The largest absolute Gasteiger partial charge is 0.463 e. The van der Waals surface area contributed by atoms with Gasteiger partial charge in [-0.25, -0.2) is 9.78 Å². The van der Waals surface area contributed by atoms with Gasteiger partial charge >= 0.3 is 5.97 Å². The van der Waals surface area contributed by atoms with Gasteiger partial charge in [-0.3, -0.25) is 9.20 Å². The van der Waals surface area contributed by atoms with Gasteiger partial charge in [-0.15, -0.1) is 0 Å². The zero-order valence-corrected chi connectivity index (χ0v) is 9.87. The molecule has 18 heavy (non-hydrogen) atoms. The zero-order chi connectivity index (χ0) is 13.0. The van der Waals surface area contributed by atoms with E-state index < -0.39 is 5.97 Å². The van der Waals surface area contributed by atoms with E-state index >= 15 is 0 Å². The summed E-state index contributed by atoms with van der Waals surface area (Å²) in [6.45, 7) is 2.05. The second-order valence-corrected chi connectivity index (χ2v) is 3.53. The molecule has 0 N–H and O–H groups in total. The Morgan fingerprint density at radius 3 is 3.11 bits per heavy atom. The van der Waals surface area contributed by atoms with E-state index in [-0.39, 0.29) is 5.56 Å². The molecule has 2 aromatic heterocycles. The molecule has 5 heteroatoms. The number of pyridine rings is 1. The Balaban J connectivity index is 2.35. The Hall–Kier alpha value is -2.43. The number of carbonyl (C=O) groups is 1. The molecule has 2 rings (SSSR count). The van der Waals surface area contributed by atoms with Crippen LogP contribution in [0.2, 0.25) is 0 Å². The first-order valence-corrected chi connectivity index (χ1v) is 5.54. The van der Waals surface area contributed by atoms with Crippen molar-refractivity contribution >= 4 is 17.7 Å². The highest BCUT2D eigenvalue weighted by Crippen LogP contribution is 2.00. The molecule has 0 aliphatic carbocycles. The second kappa shape index (κ2) is 5.27. The molecule has 0 saturated carbocycles. The molecule has 0 aromatic carbocycles. The second-order valence-electron chi connectivity index (χ2n) is 3.53. The van der Waals surface area contributed by atoms with Crippen LogP contribution in [0.25, 0.3) is 11.7 Å². The molecule has 0 bridgehead atoms. The van der Waals surface area contributed by atoms with Crippen molar-refractivity contribution in [2.24, 2.45) is 0 Å². The Morgan fingerprint density at radius 2 is 2.33 bits per heavy atom. The summed E-state index contributed by atoms with van der Waals surface area (Å²) in [6, 6.07) is 6.64. The minimum atomic E-state index is -0.451. The van der Waals surface area contributed by atoms with Crippen LogP contribution in [0, 0.1) is 0 Å². The summed E-state index contributed by atoms with van der Waals surface area (Å²) >= 11 is 0. The van der Waals surface area contributed by atoms with Gasteiger partial charge in [0.2, 0.25) is 0 Å². The number of nitrogens with zero attached hydrogens (tertiary/aromatic N) is 2. The van der Waals surface area contributed by atoms with Crippen LogP contribution in [0.3, 0.4) is 0 Å². The van der Waals surface area contributed by atoms with E-state index in [2.05, 4.69) is 4.98 Å². The highest BCUT2D eigenvalue weighted by molar-refractivity contribution is 5.86. The predicted octanol–water partition coefficient (Wildman–Crippen LogP) is 1.27. The van der Waals surface area contributed by atoms with Gasteiger partial charge in [-0.05, 0) is 25.1 Å². The molecule has 0 fully saturated rings. The summed E-state index contributed by atoms with van der Waals surface area (Å²) in [5, 5.41) is 0. The van der Waals surface area contributed by atoms with E-state index in [9.17, 15) is 9.59 Å². The lowest BCUT2D eigenvalue weighted by atomic mass is 10.3. The number of rotatable bonds is 3. The number of hydrogen-bond acceptors (Lipinski definition) is 4. The van der Waals surface area contributed by atoms with Crippen LogP contribution in [0.1, 0.15) is 12.6 Å². The van der Waals surface area contributed by atoms with Gasteiger partial charge in [0.25, 0.3) is 5.56 Å². The Labute approximate surface area is 103 Å². The number of esters is 1. The molecular weight excluding hydrogens is 232 g/mol. The third-order valence-corrected chi connectivity index (χ3v) is 2.27. The molecule has 2 heterocycles. The highest BCUT2D eigenvalue weighted by atomic mass is 16.5. The lowest BCUT2D eigenvalue weighted by Gasteiger charge is -2.00. The maximum absolute atomic E-state index is 11.7. The minimum absolute atomic E-state index is 0.191. The summed E-state index contributed by atoms with van der Waals surface area (Å²) in [6.07, 6.45) is 4.36. The zero-order valence-electron chi connectivity index (χ0n) is 9.87. The van der Waals surface area contributed by atoms with Crippen LogP contribution < -0.4 is 5.56 Å². The van der Waals surface area contributed by atoms with Crippen LogP contribution >= 0.6 is 0 Å². The molecule has 0 atom stereocenters. The van der Waals surface area contributed by atoms with Crippen molar-refractivity contribution in [2.45, 2.75) is 6.92 Å². The van der Waals surface area contributed by atoms with Crippen LogP contribution in [0.5, 0.6) is 0 Å². The minimum Gasteiger partial charge on any atom is -0.463 e. The van der Waals surface area contributed by atoms with Crippen molar-refractivity contribution in [3.05, 3.63) is 52.6 Å². The number of hydrogen-bond donors (Lipinski definition) is 0. The maximum atomic E-state index is 11.7. The molecule has 0 unspecified atom stereocenters. The number of aromatic nitrogens is 2. The first kappa shape index (κ1) is 12.0. The van der Waals surface area contributed by atoms with Gasteiger partial charge in [0, 0.05) is 18.3 Å². The van der Waals surface area contributed by atoms with Gasteiger partial charge in [-0.1, -0.05) is 6.07 Å². The van der Waals surface area contributed by atoms with E-state index in [1.165, 1.54) is 22.6 Å². The normalized spacial score (nSPS) is 10.9. The van der Waals surface area contributed by atoms with Gasteiger partial charge in [0.15, 0.2) is 0 Å². The van der Waals surface area contributed by atoms with Gasteiger partial charge < -0.3 is 4.74 Å². The Kier molecular flexibility index (Phi) is 3.52. The van der Waals surface area contributed by atoms with Crippen molar-refractivity contribution in [2.75, 3.05) is 6.61 Å². The average molecular weight is 244 g/mol. The fourth-order valence-electron chi connectivity index (χ4n) is 1.50. The molecule has 0 saturated heterocycles. The van der Waals surface area contributed by atoms with Gasteiger partial charge in [0.05, 0.1) is 12.3 Å². The van der Waals surface area contributed by atoms with E-state index in [0.29, 0.717) is 17.9 Å². The average Bonchev–Trinajstić information content (AvgIpc) is 2.37. The SMILES string of the molecule is CCOC(=O)C=Cc1cc(=O)n2ccccc2n1.